The topological polar surface area (TPSA) is 111 Å². The minimum Gasteiger partial charge on any atom is -0.545 e. The van der Waals surface area contributed by atoms with Gasteiger partial charge in [-0.15, -0.1) is 0 Å². The van der Waals surface area contributed by atoms with Crippen molar-refractivity contribution in [1.29, 1.82) is 0 Å². The molecule has 500 valence electrons. The largest absolute Gasteiger partial charge is 0.545 e. The summed E-state index contributed by atoms with van der Waals surface area (Å²) >= 11 is 0. The number of nitrogens with zero attached hydrogens (tertiary/aromatic N) is 1. The molecule has 0 spiro atoms. The molecule has 0 aliphatic rings. The number of esters is 2. The molecule has 9 nitrogen and oxygen atoms in total. The fraction of sp³-hybridized carbons (Fsp3) is 0.882. The van der Waals surface area contributed by atoms with Crippen LogP contribution >= 0.6 is 0 Å². The number of allylic oxidation sites excluding steroid dienone is 6. The second kappa shape index (κ2) is 67.4. The Kier molecular flexibility index (Phi) is 65.5. The summed E-state index contributed by atoms with van der Waals surface area (Å²) in [5.74, 6) is -2.26. The standard InChI is InChI=1S/C76H143NO8/c1-6-8-10-12-14-16-18-20-22-24-26-28-30-32-34-35-36-37-38-39-41-42-44-46-48-50-52-54-56-58-60-62-64-66-73(78)83-70-72(71-84-76(75(80)81)82-69-68-77(3,4)5)85-74(79)67-65-63-61-59-57-55-53-51-49-47-45-43-40-33-31-29-27-25-23-21-19-17-15-13-11-9-7-2/h19,21,25,27,31,33,72,76H,6-18,20,22-24,26,28-30,32,34-71H2,1-5H3/b21-19-,27-25-,33-31-. The molecule has 0 aliphatic heterocycles. The molecule has 0 saturated heterocycles. The third-order valence-electron chi connectivity index (χ3n) is 16.9. The van der Waals surface area contributed by atoms with Crippen LogP contribution in [0.3, 0.4) is 0 Å². The molecule has 85 heavy (non-hydrogen) atoms. The molecular weight excluding hydrogens is 1050 g/mol. The zero-order valence-electron chi connectivity index (χ0n) is 57.3. The van der Waals surface area contributed by atoms with E-state index in [1.54, 1.807) is 0 Å². The van der Waals surface area contributed by atoms with Crippen LogP contribution in [-0.4, -0.2) is 82.3 Å². The van der Waals surface area contributed by atoms with E-state index < -0.39 is 24.3 Å². The van der Waals surface area contributed by atoms with Crippen LogP contribution < -0.4 is 5.11 Å². The van der Waals surface area contributed by atoms with Crippen LogP contribution in [0.5, 0.6) is 0 Å². The fourth-order valence-corrected chi connectivity index (χ4v) is 11.2. The predicted molar refractivity (Wildman–Crippen MR) is 362 cm³/mol. The van der Waals surface area contributed by atoms with Crippen molar-refractivity contribution < 1.29 is 42.9 Å². The average Bonchev–Trinajstić information content (AvgIpc) is 3.48. The molecule has 0 radical (unpaired) electrons. The van der Waals surface area contributed by atoms with Crippen LogP contribution in [0.4, 0.5) is 0 Å². The predicted octanol–water partition coefficient (Wildman–Crippen LogP) is 21.8. The van der Waals surface area contributed by atoms with Crippen LogP contribution in [0.1, 0.15) is 373 Å². The second-order valence-electron chi connectivity index (χ2n) is 26.6. The van der Waals surface area contributed by atoms with Crippen molar-refractivity contribution in [3.8, 4) is 0 Å². The number of unbranched alkanes of at least 4 members (excludes halogenated alkanes) is 49. The quantitative estimate of drug-likeness (QED) is 0.0195. The number of quaternary nitrogens is 1. The normalized spacial score (nSPS) is 12.8. The highest BCUT2D eigenvalue weighted by Crippen LogP contribution is 2.19. The van der Waals surface area contributed by atoms with Crippen LogP contribution in [0.15, 0.2) is 36.5 Å². The first-order valence-corrected chi connectivity index (χ1v) is 37.1. The molecule has 0 aromatic carbocycles. The van der Waals surface area contributed by atoms with E-state index in [4.69, 9.17) is 18.9 Å². The number of rotatable bonds is 70. The van der Waals surface area contributed by atoms with E-state index in [0.717, 1.165) is 51.4 Å². The van der Waals surface area contributed by atoms with E-state index in [1.165, 1.54) is 289 Å². The first-order valence-electron chi connectivity index (χ1n) is 37.1. The third-order valence-corrected chi connectivity index (χ3v) is 16.9. The van der Waals surface area contributed by atoms with Crippen molar-refractivity contribution in [3.05, 3.63) is 36.5 Å². The van der Waals surface area contributed by atoms with E-state index in [9.17, 15) is 19.5 Å². The van der Waals surface area contributed by atoms with Gasteiger partial charge in [-0.2, -0.15) is 0 Å². The minimum absolute atomic E-state index is 0.149. The molecule has 0 rings (SSSR count). The van der Waals surface area contributed by atoms with E-state index in [2.05, 4.69) is 50.3 Å². The molecular formula is C76H143NO8. The van der Waals surface area contributed by atoms with Gasteiger partial charge in [-0.25, -0.2) is 0 Å². The maximum Gasteiger partial charge on any atom is 0.306 e. The molecule has 9 heteroatoms. The summed E-state index contributed by atoms with van der Waals surface area (Å²) in [6.45, 7) is 4.80. The minimum atomic E-state index is -1.62. The third kappa shape index (κ3) is 68.9. The Labute approximate surface area is 528 Å². The summed E-state index contributed by atoms with van der Waals surface area (Å²) in [5.41, 5.74) is 0. The molecule has 0 aromatic heterocycles. The van der Waals surface area contributed by atoms with Crippen molar-refractivity contribution in [2.45, 2.75) is 386 Å². The van der Waals surface area contributed by atoms with Gasteiger partial charge in [0.25, 0.3) is 0 Å². The molecule has 0 bridgehead atoms. The van der Waals surface area contributed by atoms with Gasteiger partial charge in [0.2, 0.25) is 0 Å². The first-order chi connectivity index (χ1) is 41.6. The molecule has 0 aliphatic carbocycles. The monoisotopic (exact) mass is 1200 g/mol. The van der Waals surface area contributed by atoms with Gasteiger partial charge < -0.3 is 33.3 Å². The van der Waals surface area contributed by atoms with Crippen molar-refractivity contribution >= 4 is 17.9 Å². The van der Waals surface area contributed by atoms with Crippen molar-refractivity contribution in [2.75, 3.05) is 47.5 Å². The van der Waals surface area contributed by atoms with Gasteiger partial charge in [0, 0.05) is 12.8 Å². The molecule has 0 saturated carbocycles. The second-order valence-corrected chi connectivity index (χ2v) is 26.6. The van der Waals surface area contributed by atoms with E-state index in [-0.39, 0.29) is 32.2 Å². The van der Waals surface area contributed by atoms with E-state index >= 15 is 0 Å². The molecule has 0 amide bonds. The zero-order valence-corrected chi connectivity index (χ0v) is 57.3. The number of aliphatic carboxylic acids is 1. The lowest BCUT2D eigenvalue weighted by Crippen LogP contribution is -2.44. The lowest BCUT2D eigenvalue weighted by atomic mass is 10.0. The number of carbonyl (C=O) groups excluding carboxylic acids is 3. The number of carboxylic acid groups (broad SMARTS) is 1. The summed E-state index contributed by atoms with van der Waals surface area (Å²) < 4.78 is 22.8. The highest BCUT2D eigenvalue weighted by Gasteiger charge is 2.22. The van der Waals surface area contributed by atoms with Crippen LogP contribution in [0.2, 0.25) is 0 Å². The maximum atomic E-state index is 12.9. The Morgan fingerprint density at radius 3 is 0.941 bits per heavy atom. The summed E-state index contributed by atoms with van der Waals surface area (Å²) in [7, 11) is 5.94. The van der Waals surface area contributed by atoms with Gasteiger partial charge in [0.1, 0.15) is 13.2 Å². The molecule has 2 unspecified atom stereocenters. The highest BCUT2D eigenvalue weighted by atomic mass is 16.7. The van der Waals surface area contributed by atoms with E-state index in [1.807, 2.05) is 21.1 Å². The number of hydrogen-bond acceptors (Lipinski definition) is 8. The van der Waals surface area contributed by atoms with E-state index in [0.29, 0.717) is 23.9 Å². The van der Waals surface area contributed by atoms with Gasteiger partial charge >= 0.3 is 11.9 Å². The summed E-state index contributed by atoms with van der Waals surface area (Å²) in [4.78, 5) is 37.5. The lowest BCUT2D eigenvalue weighted by Gasteiger charge is -2.26. The number of carboxylic acids is 1. The summed E-state index contributed by atoms with van der Waals surface area (Å²) in [6, 6.07) is 0. The fourth-order valence-electron chi connectivity index (χ4n) is 11.2. The zero-order chi connectivity index (χ0) is 61.9. The molecule has 0 fully saturated rings. The summed E-state index contributed by atoms with van der Waals surface area (Å²) in [6.07, 6.45) is 82.5. The number of likely N-dealkylation sites (N-methyl/N-ethyl adjacent to an activating group) is 1. The average molecular weight is 1200 g/mol. The van der Waals surface area contributed by atoms with Crippen molar-refractivity contribution in [2.24, 2.45) is 0 Å². The van der Waals surface area contributed by atoms with Gasteiger partial charge in [-0.3, -0.25) is 9.59 Å². The number of hydrogen-bond donors (Lipinski definition) is 0. The smallest absolute Gasteiger partial charge is 0.306 e. The Balaban J connectivity index is 4.03. The number of ether oxygens (including phenoxy) is 4. The van der Waals surface area contributed by atoms with Crippen molar-refractivity contribution in [1.82, 2.24) is 0 Å². The van der Waals surface area contributed by atoms with Crippen LogP contribution in [0.25, 0.3) is 0 Å². The Morgan fingerprint density at radius 2 is 0.635 bits per heavy atom. The molecule has 0 heterocycles. The lowest BCUT2D eigenvalue weighted by molar-refractivity contribution is -0.870. The Hall–Kier alpha value is -2.49. The molecule has 0 aromatic rings. The Morgan fingerprint density at radius 1 is 0.353 bits per heavy atom. The van der Waals surface area contributed by atoms with Gasteiger partial charge in [-0.05, 0) is 51.4 Å². The van der Waals surface area contributed by atoms with Crippen LogP contribution in [0, 0.1) is 0 Å². The number of carbonyl (C=O) groups is 3. The highest BCUT2D eigenvalue weighted by molar-refractivity contribution is 5.70. The molecule has 0 N–H and O–H groups in total. The molecule has 2 atom stereocenters. The van der Waals surface area contributed by atoms with Gasteiger partial charge in [0.05, 0.1) is 40.3 Å². The maximum absolute atomic E-state index is 12.9. The van der Waals surface area contributed by atoms with Gasteiger partial charge in [-0.1, -0.05) is 346 Å². The summed E-state index contributed by atoms with van der Waals surface area (Å²) in [5, 5.41) is 11.8. The first kappa shape index (κ1) is 82.5. The van der Waals surface area contributed by atoms with Crippen LogP contribution in [-0.2, 0) is 33.3 Å². The SMILES string of the molecule is CCCCCCC/C=C\C/C=C\C/C=C\CCCCCCCCCCCCCCC(=O)OC(COC(=O)CCCCCCCCCCCCCCCCCCCCCCCCCCCCCCCCCCC)COC(OCC[N+](C)(C)C)C(=O)[O-]. The van der Waals surface area contributed by atoms with Gasteiger partial charge in [0.15, 0.2) is 12.4 Å². The Bertz CT molecular complexity index is 1490. The van der Waals surface area contributed by atoms with Crippen molar-refractivity contribution in [3.63, 3.8) is 0 Å².